The van der Waals surface area contributed by atoms with Crippen molar-refractivity contribution < 1.29 is 8.42 Å². The van der Waals surface area contributed by atoms with E-state index in [9.17, 15) is 8.42 Å². The highest BCUT2D eigenvalue weighted by Gasteiger charge is 2.27. The Morgan fingerprint density at radius 1 is 1.37 bits per heavy atom. The van der Waals surface area contributed by atoms with Crippen LogP contribution < -0.4 is 5.73 Å². The molecule has 0 amide bonds. The average molecular weight is 298 g/mol. The number of hydrogen-bond acceptors (Lipinski definition) is 6. The van der Waals surface area contributed by atoms with Crippen LogP contribution in [-0.2, 0) is 10.0 Å². The molecule has 0 aliphatic heterocycles. The van der Waals surface area contributed by atoms with Crippen LogP contribution >= 0.6 is 11.3 Å². The second-order valence-electron chi connectivity index (χ2n) is 3.99. The maximum atomic E-state index is 12.4. The lowest BCUT2D eigenvalue weighted by atomic mass is 10.3. The van der Waals surface area contributed by atoms with Crippen molar-refractivity contribution in [2.24, 2.45) is 0 Å². The Kier molecular flexibility index (Phi) is 3.83. The van der Waals surface area contributed by atoms with Crippen molar-refractivity contribution in [1.82, 2.24) is 14.3 Å². The second-order valence-corrected chi connectivity index (χ2v) is 6.97. The standard InChI is InChI=1S/C11H14N4O2S2/c1-8(10-4-3-5-18-10)15(2)19(16,17)9-6-13-11(12)14-7-9/h3-8H,1-2H3,(H2,12,13,14). The van der Waals surface area contributed by atoms with E-state index >= 15 is 0 Å². The van der Waals surface area contributed by atoms with Crippen LogP contribution in [0.3, 0.4) is 0 Å². The summed E-state index contributed by atoms with van der Waals surface area (Å²) < 4.78 is 26.1. The van der Waals surface area contributed by atoms with Crippen LogP contribution in [0.15, 0.2) is 34.8 Å². The zero-order valence-corrected chi connectivity index (χ0v) is 12.1. The number of thiophene rings is 1. The van der Waals surface area contributed by atoms with Gasteiger partial charge in [0.1, 0.15) is 4.90 Å². The molecule has 0 spiro atoms. The van der Waals surface area contributed by atoms with Crippen LogP contribution in [-0.4, -0.2) is 29.7 Å². The third-order valence-corrected chi connectivity index (χ3v) is 5.75. The third-order valence-electron chi connectivity index (χ3n) is 2.83. The Morgan fingerprint density at radius 3 is 2.53 bits per heavy atom. The summed E-state index contributed by atoms with van der Waals surface area (Å²) in [4.78, 5) is 8.44. The molecule has 2 aromatic rings. The number of nitrogens with zero attached hydrogens (tertiary/aromatic N) is 3. The van der Waals surface area contributed by atoms with E-state index < -0.39 is 10.0 Å². The van der Waals surface area contributed by atoms with Crippen molar-refractivity contribution in [3.8, 4) is 0 Å². The van der Waals surface area contributed by atoms with Gasteiger partial charge in [0, 0.05) is 11.9 Å². The average Bonchev–Trinajstić information content (AvgIpc) is 2.91. The van der Waals surface area contributed by atoms with Crippen LogP contribution in [0.4, 0.5) is 5.95 Å². The molecule has 102 valence electrons. The maximum absolute atomic E-state index is 12.4. The normalized spacial score (nSPS) is 13.6. The van der Waals surface area contributed by atoms with Crippen LogP contribution in [0.1, 0.15) is 17.8 Å². The topological polar surface area (TPSA) is 89.2 Å². The number of nitrogens with two attached hydrogens (primary N) is 1. The molecule has 0 radical (unpaired) electrons. The second kappa shape index (κ2) is 5.24. The van der Waals surface area contributed by atoms with Crippen LogP contribution in [0.2, 0.25) is 0 Å². The molecule has 0 aliphatic rings. The molecular weight excluding hydrogens is 284 g/mol. The SMILES string of the molecule is CC(c1cccs1)N(C)S(=O)(=O)c1cnc(N)nc1. The first-order chi connectivity index (χ1) is 8.93. The van der Waals surface area contributed by atoms with Crippen LogP contribution in [0, 0.1) is 0 Å². The van der Waals surface area contributed by atoms with Crippen molar-refractivity contribution >= 4 is 27.3 Å². The van der Waals surface area contributed by atoms with Gasteiger partial charge in [0.15, 0.2) is 0 Å². The number of aromatic nitrogens is 2. The molecule has 0 saturated heterocycles. The fraction of sp³-hybridized carbons (Fsp3) is 0.273. The number of anilines is 1. The summed E-state index contributed by atoms with van der Waals surface area (Å²) in [6.07, 6.45) is 2.44. The van der Waals surface area contributed by atoms with Crippen molar-refractivity contribution in [2.75, 3.05) is 12.8 Å². The van der Waals surface area contributed by atoms with Crippen molar-refractivity contribution in [1.29, 1.82) is 0 Å². The highest BCUT2D eigenvalue weighted by molar-refractivity contribution is 7.89. The minimum absolute atomic E-state index is 0.0348. The molecule has 0 aromatic carbocycles. The van der Waals surface area contributed by atoms with Gasteiger partial charge in [-0.15, -0.1) is 11.3 Å². The summed E-state index contributed by atoms with van der Waals surface area (Å²) in [6, 6.07) is 3.55. The highest BCUT2D eigenvalue weighted by atomic mass is 32.2. The Bertz CT molecular complexity index is 638. The first-order valence-electron chi connectivity index (χ1n) is 5.52. The smallest absolute Gasteiger partial charge is 0.246 e. The molecule has 19 heavy (non-hydrogen) atoms. The summed E-state index contributed by atoms with van der Waals surface area (Å²) in [6.45, 7) is 1.83. The predicted molar refractivity (Wildman–Crippen MR) is 74.1 cm³/mol. The van der Waals surface area contributed by atoms with Gasteiger partial charge in [0.25, 0.3) is 0 Å². The molecule has 0 saturated carbocycles. The Labute approximate surface area is 116 Å². The summed E-state index contributed by atoms with van der Waals surface area (Å²) >= 11 is 1.52. The number of rotatable bonds is 4. The molecule has 2 heterocycles. The first-order valence-corrected chi connectivity index (χ1v) is 7.84. The molecule has 0 fully saturated rings. The summed E-state index contributed by atoms with van der Waals surface area (Å²) in [7, 11) is -2.08. The minimum atomic E-state index is -3.62. The van der Waals surface area contributed by atoms with Gasteiger partial charge < -0.3 is 5.73 Å². The van der Waals surface area contributed by atoms with Gasteiger partial charge in [-0.2, -0.15) is 4.31 Å². The largest absolute Gasteiger partial charge is 0.368 e. The quantitative estimate of drug-likeness (QED) is 0.924. The number of nitrogen functional groups attached to an aromatic ring is 1. The van der Waals surface area contributed by atoms with Crippen molar-refractivity contribution in [3.63, 3.8) is 0 Å². The molecular formula is C11H14N4O2S2. The first kappa shape index (κ1) is 13.9. The Balaban J connectivity index is 2.31. The van der Waals surface area contributed by atoms with E-state index in [0.29, 0.717) is 0 Å². The predicted octanol–water partition coefficient (Wildman–Crippen LogP) is 1.50. The highest BCUT2D eigenvalue weighted by Crippen LogP contribution is 2.27. The van der Waals surface area contributed by atoms with Gasteiger partial charge in [-0.05, 0) is 18.4 Å². The summed E-state index contributed by atoms with van der Waals surface area (Å²) in [5.41, 5.74) is 5.35. The molecule has 1 unspecified atom stereocenters. The molecule has 2 aromatic heterocycles. The van der Waals surface area contributed by atoms with Crippen LogP contribution in [0.25, 0.3) is 0 Å². The summed E-state index contributed by atoms with van der Waals surface area (Å²) in [5, 5.41) is 1.92. The minimum Gasteiger partial charge on any atom is -0.368 e. The number of hydrogen-bond donors (Lipinski definition) is 1. The van der Waals surface area contributed by atoms with E-state index in [4.69, 9.17) is 5.73 Å². The van der Waals surface area contributed by atoms with E-state index in [0.717, 1.165) is 4.88 Å². The molecule has 0 bridgehead atoms. The third kappa shape index (κ3) is 2.75. The lowest BCUT2D eigenvalue weighted by molar-refractivity contribution is 0.402. The fourth-order valence-corrected chi connectivity index (χ4v) is 3.67. The van der Waals surface area contributed by atoms with E-state index in [1.807, 2.05) is 24.4 Å². The lowest BCUT2D eigenvalue weighted by Crippen LogP contribution is -2.29. The number of sulfonamides is 1. The van der Waals surface area contributed by atoms with Gasteiger partial charge in [0.2, 0.25) is 16.0 Å². The molecule has 2 N–H and O–H groups in total. The fourth-order valence-electron chi connectivity index (χ4n) is 1.54. The van der Waals surface area contributed by atoms with Gasteiger partial charge in [-0.3, -0.25) is 0 Å². The van der Waals surface area contributed by atoms with Gasteiger partial charge in [-0.25, -0.2) is 18.4 Å². The van der Waals surface area contributed by atoms with Gasteiger partial charge >= 0.3 is 0 Å². The summed E-state index contributed by atoms with van der Waals surface area (Å²) in [5.74, 6) is 0.0490. The maximum Gasteiger partial charge on any atom is 0.246 e. The van der Waals surface area contributed by atoms with Gasteiger partial charge in [0.05, 0.1) is 18.4 Å². The van der Waals surface area contributed by atoms with Gasteiger partial charge in [-0.1, -0.05) is 6.07 Å². The monoisotopic (exact) mass is 298 g/mol. The molecule has 2 rings (SSSR count). The Hall–Kier alpha value is -1.51. The van der Waals surface area contributed by atoms with Crippen molar-refractivity contribution in [2.45, 2.75) is 17.9 Å². The molecule has 8 heteroatoms. The molecule has 1 atom stereocenters. The van der Waals surface area contributed by atoms with E-state index in [2.05, 4.69) is 9.97 Å². The zero-order valence-electron chi connectivity index (χ0n) is 10.5. The lowest BCUT2D eigenvalue weighted by Gasteiger charge is -2.23. The van der Waals surface area contributed by atoms with E-state index in [1.165, 1.54) is 35.1 Å². The van der Waals surface area contributed by atoms with Crippen LogP contribution in [0.5, 0.6) is 0 Å². The molecule has 0 aliphatic carbocycles. The Morgan fingerprint density at radius 2 is 2.00 bits per heavy atom. The zero-order chi connectivity index (χ0) is 14.0. The van der Waals surface area contributed by atoms with E-state index in [-0.39, 0.29) is 16.9 Å². The van der Waals surface area contributed by atoms with Crippen molar-refractivity contribution in [3.05, 3.63) is 34.8 Å². The van der Waals surface area contributed by atoms with E-state index in [1.54, 1.807) is 0 Å². The molecule has 6 nitrogen and oxygen atoms in total.